The summed E-state index contributed by atoms with van der Waals surface area (Å²) in [5, 5.41) is 2.31. The molecule has 0 unspecified atom stereocenters. The molecule has 7 aromatic carbocycles. The average molecular weight is 704 g/mol. The monoisotopic (exact) mass is 703 g/mol. The Kier molecular flexibility index (Phi) is 8.08. The first-order chi connectivity index (χ1) is 27.3. The van der Waals surface area contributed by atoms with Crippen LogP contribution in [-0.4, -0.2) is 24.5 Å². The Hall–Kier alpha value is -7.50. The van der Waals surface area contributed by atoms with Crippen LogP contribution in [-0.2, 0) is 0 Å². The van der Waals surface area contributed by atoms with Gasteiger partial charge in [-0.2, -0.15) is 0 Å². The van der Waals surface area contributed by atoms with E-state index in [0.717, 1.165) is 66.6 Å². The van der Waals surface area contributed by atoms with Gasteiger partial charge in [0.2, 0.25) is 0 Å². The van der Waals surface area contributed by atoms with Gasteiger partial charge in [0.05, 0.1) is 16.6 Å². The SMILES string of the molecule is c1ccc(-c2nc(-c3ccccc3)nc(-c3cc(-c4ccc(-c5ccccc5)c(-c5ccccc5)c4)cnc3-n3c4ccccc4c4ccccc43)n2)cc1. The summed E-state index contributed by atoms with van der Waals surface area (Å²) >= 11 is 0. The molecule has 0 atom stereocenters. The number of pyridine rings is 1. The first kappa shape index (κ1) is 32.2. The van der Waals surface area contributed by atoms with Crippen molar-refractivity contribution in [2.45, 2.75) is 0 Å². The molecule has 3 heterocycles. The number of benzene rings is 7. The molecule has 10 rings (SSSR count). The molecule has 3 aromatic heterocycles. The Morgan fingerprint density at radius 1 is 0.309 bits per heavy atom. The fourth-order valence-electron chi connectivity index (χ4n) is 7.49. The summed E-state index contributed by atoms with van der Waals surface area (Å²) in [4.78, 5) is 20.7. The van der Waals surface area contributed by atoms with Crippen molar-refractivity contribution in [1.82, 2.24) is 24.5 Å². The highest BCUT2D eigenvalue weighted by Gasteiger charge is 2.22. The van der Waals surface area contributed by atoms with E-state index in [1.54, 1.807) is 0 Å². The van der Waals surface area contributed by atoms with Crippen LogP contribution in [0.2, 0.25) is 0 Å². The van der Waals surface area contributed by atoms with Gasteiger partial charge >= 0.3 is 0 Å². The molecule has 5 nitrogen and oxygen atoms in total. The van der Waals surface area contributed by atoms with Gasteiger partial charge in [-0.15, -0.1) is 0 Å². The second kappa shape index (κ2) is 13.8. The Bertz CT molecular complexity index is 2850. The van der Waals surface area contributed by atoms with E-state index in [4.69, 9.17) is 19.9 Å². The normalized spacial score (nSPS) is 11.3. The summed E-state index contributed by atoms with van der Waals surface area (Å²) < 4.78 is 2.24. The molecule has 0 fully saturated rings. The maximum atomic E-state index is 5.32. The van der Waals surface area contributed by atoms with E-state index in [2.05, 4.69) is 138 Å². The molecule has 0 amide bonds. The Morgan fingerprint density at radius 2 is 0.745 bits per heavy atom. The number of aromatic nitrogens is 5. The van der Waals surface area contributed by atoms with Gasteiger partial charge < -0.3 is 0 Å². The lowest BCUT2D eigenvalue weighted by molar-refractivity contribution is 1.04. The number of para-hydroxylation sites is 2. The van der Waals surface area contributed by atoms with Gasteiger partial charge in [-0.1, -0.05) is 170 Å². The minimum Gasteiger partial charge on any atom is -0.293 e. The van der Waals surface area contributed by atoms with Crippen LogP contribution < -0.4 is 0 Å². The number of fused-ring (bicyclic) bond motifs is 3. The standard InChI is InChI=1S/C50H33N5/c1-5-17-34(18-6-1)40-30-29-38(31-43(40)35-19-7-2-8-20-35)39-32-44(50(51-33-39)55-45-27-15-13-25-41(45)42-26-14-16-28-46(42)55)49-53-47(36-21-9-3-10-22-36)52-48(54-49)37-23-11-4-12-24-37/h1-33H. The van der Waals surface area contributed by atoms with Gasteiger partial charge in [0.15, 0.2) is 17.5 Å². The smallest absolute Gasteiger partial charge is 0.167 e. The maximum Gasteiger partial charge on any atom is 0.167 e. The predicted molar refractivity (Wildman–Crippen MR) is 225 cm³/mol. The van der Waals surface area contributed by atoms with Crippen molar-refractivity contribution in [3.05, 3.63) is 200 Å². The number of hydrogen-bond acceptors (Lipinski definition) is 4. The first-order valence-corrected chi connectivity index (χ1v) is 18.4. The van der Waals surface area contributed by atoms with Crippen LogP contribution in [0.5, 0.6) is 0 Å². The quantitative estimate of drug-likeness (QED) is 0.166. The second-order valence-corrected chi connectivity index (χ2v) is 13.5. The van der Waals surface area contributed by atoms with E-state index in [9.17, 15) is 0 Å². The number of rotatable bonds is 7. The Morgan fingerprint density at radius 3 is 1.29 bits per heavy atom. The van der Waals surface area contributed by atoms with Crippen LogP contribution >= 0.6 is 0 Å². The van der Waals surface area contributed by atoms with Gasteiger partial charge in [-0.25, -0.2) is 19.9 Å². The van der Waals surface area contributed by atoms with E-state index in [0.29, 0.717) is 17.5 Å². The topological polar surface area (TPSA) is 56.5 Å². The third-order valence-electron chi connectivity index (χ3n) is 10.1. The molecule has 0 bridgehead atoms. The molecule has 0 N–H and O–H groups in total. The van der Waals surface area contributed by atoms with Crippen molar-refractivity contribution in [2.24, 2.45) is 0 Å². The van der Waals surface area contributed by atoms with Crippen LogP contribution in [0.4, 0.5) is 0 Å². The minimum absolute atomic E-state index is 0.545. The highest BCUT2D eigenvalue weighted by Crippen LogP contribution is 2.39. The highest BCUT2D eigenvalue weighted by atomic mass is 15.1. The molecule has 258 valence electrons. The summed E-state index contributed by atoms with van der Waals surface area (Å²) in [6, 6.07) is 67.2. The molecular weight excluding hydrogens is 671 g/mol. The Balaban J connectivity index is 1.25. The molecule has 0 aliphatic rings. The van der Waals surface area contributed by atoms with Crippen LogP contribution in [0.25, 0.3) is 95.2 Å². The first-order valence-electron chi connectivity index (χ1n) is 18.4. The summed E-state index contributed by atoms with van der Waals surface area (Å²) in [7, 11) is 0. The van der Waals surface area contributed by atoms with Gasteiger partial charge in [0, 0.05) is 33.7 Å². The van der Waals surface area contributed by atoms with Crippen molar-refractivity contribution in [2.75, 3.05) is 0 Å². The molecule has 0 aliphatic carbocycles. The zero-order chi connectivity index (χ0) is 36.6. The second-order valence-electron chi connectivity index (χ2n) is 13.5. The molecule has 0 saturated heterocycles. The molecule has 0 saturated carbocycles. The van der Waals surface area contributed by atoms with Gasteiger partial charge in [0.25, 0.3) is 0 Å². The molecule has 0 spiro atoms. The molecular formula is C50H33N5. The third-order valence-corrected chi connectivity index (χ3v) is 10.1. The van der Waals surface area contributed by atoms with Crippen LogP contribution in [0.1, 0.15) is 0 Å². The minimum atomic E-state index is 0.545. The molecule has 5 heteroatoms. The van der Waals surface area contributed by atoms with Gasteiger partial charge in [0.1, 0.15) is 5.82 Å². The van der Waals surface area contributed by atoms with Gasteiger partial charge in [-0.3, -0.25) is 4.57 Å². The van der Waals surface area contributed by atoms with Crippen molar-refractivity contribution < 1.29 is 0 Å². The molecule has 0 radical (unpaired) electrons. The van der Waals surface area contributed by atoms with Crippen LogP contribution in [0.3, 0.4) is 0 Å². The summed E-state index contributed by atoms with van der Waals surface area (Å²) in [6.07, 6.45) is 1.98. The van der Waals surface area contributed by atoms with E-state index < -0.39 is 0 Å². The van der Waals surface area contributed by atoms with Crippen LogP contribution in [0.15, 0.2) is 200 Å². The average Bonchev–Trinajstić information content (AvgIpc) is 3.61. The lowest BCUT2D eigenvalue weighted by Gasteiger charge is -2.16. The molecule has 0 aliphatic heterocycles. The van der Waals surface area contributed by atoms with E-state index in [1.807, 2.05) is 66.9 Å². The summed E-state index contributed by atoms with van der Waals surface area (Å²) in [5.74, 6) is 2.49. The largest absolute Gasteiger partial charge is 0.293 e. The molecule has 10 aromatic rings. The number of hydrogen-bond donors (Lipinski definition) is 0. The lowest BCUT2D eigenvalue weighted by atomic mass is 9.91. The fourth-order valence-corrected chi connectivity index (χ4v) is 7.49. The predicted octanol–water partition coefficient (Wildman–Crippen LogP) is 12.4. The van der Waals surface area contributed by atoms with Crippen molar-refractivity contribution >= 4 is 21.8 Å². The highest BCUT2D eigenvalue weighted by molar-refractivity contribution is 6.09. The zero-order valence-corrected chi connectivity index (χ0v) is 29.8. The number of nitrogens with zero attached hydrogens (tertiary/aromatic N) is 5. The van der Waals surface area contributed by atoms with Crippen molar-refractivity contribution in [3.63, 3.8) is 0 Å². The van der Waals surface area contributed by atoms with Crippen molar-refractivity contribution in [1.29, 1.82) is 0 Å². The van der Waals surface area contributed by atoms with Crippen LogP contribution in [0, 0.1) is 0 Å². The van der Waals surface area contributed by atoms with E-state index in [1.165, 1.54) is 11.1 Å². The lowest BCUT2D eigenvalue weighted by Crippen LogP contribution is -2.05. The summed E-state index contributed by atoms with van der Waals surface area (Å²) in [5.41, 5.74) is 11.4. The fraction of sp³-hybridized carbons (Fsp3) is 0. The summed E-state index contributed by atoms with van der Waals surface area (Å²) in [6.45, 7) is 0. The van der Waals surface area contributed by atoms with E-state index >= 15 is 0 Å². The molecule has 55 heavy (non-hydrogen) atoms. The van der Waals surface area contributed by atoms with Crippen molar-refractivity contribution in [3.8, 4) is 73.4 Å². The Labute approximate surface area is 318 Å². The third kappa shape index (κ3) is 5.94. The van der Waals surface area contributed by atoms with Gasteiger partial charge in [-0.05, 0) is 52.1 Å². The maximum absolute atomic E-state index is 5.32. The van der Waals surface area contributed by atoms with E-state index in [-0.39, 0.29) is 0 Å². The zero-order valence-electron chi connectivity index (χ0n) is 29.8.